The van der Waals surface area contributed by atoms with E-state index >= 15 is 0 Å². The molecule has 4 aliphatic rings. The average molecular weight is 1090 g/mol. The Morgan fingerprint density at radius 2 is 1.64 bits per heavy atom. The topological polar surface area (TPSA) is 225 Å². The molecule has 1 unspecified atom stereocenters. The maximum atomic E-state index is 13.7. The summed E-state index contributed by atoms with van der Waals surface area (Å²) in [6.07, 6.45) is 16.5. The maximum Gasteiger partial charge on any atom is 0.249 e. The fourth-order valence-electron chi connectivity index (χ4n) is 10.8. The third kappa shape index (κ3) is 11.0. The zero-order valence-electron chi connectivity index (χ0n) is 42.0. The van der Waals surface area contributed by atoms with Gasteiger partial charge >= 0.3 is 0 Å². The third-order valence-electron chi connectivity index (χ3n) is 15.3. The molecule has 4 N–H and O–H groups in total. The molecule has 22 heteroatoms. The van der Waals surface area contributed by atoms with Crippen molar-refractivity contribution in [3.63, 3.8) is 0 Å². The van der Waals surface area contributed by atoms with E-state index in [2.05, 4.69) is 90.1 Å². The lowest BCUT2D eigenvalue weighted by molar-refractivity contribution is -0.135. The van der Waals surface area contributed by atoms with E-state index in [-0.39, 0.29) is 29.1 Å². The number of imide groups is 1. The molecule has 3 amide bonds. The average Bonchev–Trinajstić information content (AvgIpc) is 3.84. The lowest BCUT2D eigenvalue weighted by Gasteiger charge is -2.48. The van der Waals surface area contributed by atoms with Crippen LogP contribution in [0.3, 0.4) is 0 Å². The minimum absolute atomic E-state index is 0.171. The van der Waals surface area contributed by atoms with Gasteiger partial charge in [0.2, 0.25) is 33.7 Å². The molecule has 0 saturated carbocycles. The van der Waals surface area contributed by atoms with E-state index in [0.29, 0.717) is 69.4 Å². The summed E-state index contributed by atoms with van der Waals surface area (Å²) in [6, 6.07) is 15.5. The maximum absolute atomic E-state index is 13.7. The molecule has 20 nitrogen and oxygen atoms in total. The number of anilines is 7. The summed E-state index contributed by atoms with van der Waals surface area (Å²) in [5, 5.41) is 16.9. The zero-order chi connectivity index (χ0) is 51.7. The van der Waals surface area contributed by atoms with Gasteiger partial charge in [0.15, 0.2) is 0 Å². The number of aromatic nitrogens is 6. The van der Waals surface area contributed by atoms with Crippen molar-refractivity contribution >= 4 is 94.9 Å². The standard InChI is InChI=1S/C52H61BrN14O6S/c1-63-31-35(29-57-63)37-27-42(60-51-56-30-38(53)49(62-51)59-40-10-9-39-47(55-20-19-54-39)48(40)64(2)74(4,71)72)44(73-3)28-43(37)66-23-15-52(16-24-66)17-25-67(26-18-52)46(69)32-65-21-13-34(14-22-65)33-5-7-36(8-6-33)58-41-11-12-45(68)61-50(41)70/h5-10,19-20,27-31,34,41,58H,11-18,21-26,32H2,1-4H3,(H,61,68,70)(H2,56,59,60,62). The highest BCUT2D eigenvalue weighted by Gasteiger charge is 2.40. The van der Waals surface area contributed by atoms with Crippen LogP contribution < -0.4 is 35.2 Å². The summed E-state index contributed by atoms with van der Waals surface area (Å²) < 4.78 is 35.2. The van der Waals surface area contributed by atoms with Crippen LogP contribution in [0.2, 0.25) is 0 Å². The predicted octanol–water partition coefficient (Wildman–Crippen LogP) is 6.78. The fourth-order valence-corrected chi connectivity index (χ4v) is 11.6. The van der Waals surface area contributed by atoms with Crippen molar-refractivity contribution in [2.45, 2.75) is 63.3 Å². The molecule has 3 aromatic carbocycles. The first-order valence-electron chi connectivity index (χ1n) is 25.0. The Balaban J connectivity index is 0.763. The molecule has 7 heterocycles. The molecule has 4 saturated heterocycles. The highest BCUT2D eigenvalue weighted by molar-refractivity contribution is 9.10. The number of halogens is 1. The number of carbonyl (C=O) groups excluding carboxylic acids is 3. The van der Waals surface area contributed by atoms with E-state index in [1.807, 2.05) is 37.6 Å². The molecular weight excluding hydrogens is 1030 g/mol. The van der Waals surface area contributed by atoms with Gasteiger partial charge in [0, 0.05) is 100 Å². The quantitative estimate of drug-likeness (QED) is 0.0825. The number of piperidine rings is 4. The van der Waals surface area contributed by atoms with Crippen LogP contribution in [-0.2, 0) is 31.5 Å². The molecule has 10 rings (SSSR count). The fraction of sp³-hybridized carbons (Fsp3) is 0.423. The molecule has 388 valence electrons. The molecule has 0 radical (unpaired) electrons. The molecule has 6 aromatic rings. The van der Waals surface area contributed by atoms with Crippen molar-refractivity contribution < 1.29 is 27.5 Å². The second-order valence-corrected chi connectivity index (χ2v) is 22.8. The highest BCUT2D eigenvalue weighted by Crippen LogP contribution is 2.46. The second-order valence-electron chi connectivity index (χ2n) is 19.9. The van der Waals surface area contributed by atoms with Crippen LogP contribution in [0.25, 0.3) is 22.2 Å². The Labute approximate surface area is 438 Å². The van der Waals surface area contributed by atoms with E-state index in [1.165, 1.54) is 23.1 Å². The van der Waals surface area contributed by atoms with Crippen molar-refractivity contribution in [2.75, 3.05) is 91.4 Å². The van der Waals surface area contributed by atoms with E-state index in [0.717, 1.165) is 107 Å². The summed E-state index contributed by atoms with van der Waals surface area (Å²) in [4.78, 5) is 62.5. The van der Waals surface area contributed by atoms with Gasteiger partial charge in [-0.05, 0) is 121 Å². The van der Waals surface area contributed by atoms with E-state index < -0.39 is 16.1 Å². The van der Waals surface area contributed by atoms with Gasteiger partial charge in [-0.25, -0.2) is 13.4 Å². The summed E-state index contributed by atoms with van der Waals surface area (Å²) in [6.45, 7) is 5.45. The number of methoxy groups -OCH3 is 1. The molecule has 4 fully saturated rings. The van der Waals surface area contributed by atoms with Gasteiger partial charge in [0.05, 0.1) is 47.5 Å². The first-order valence-corrected chi connectivity index (χ1v) is 27.7. The molecule has 0 aliphatic carbocycles. The molecule has 74 heavy (non-hydrogen) atoms. The number of carbonyl (C=O) groups is 3. The largest absolute Gasteiger partial charge is 0.494 e. The number of nitrogens with zero attached hydrogens (tertiary/aromatic N) is 10. The zero-order valence-corrected chi connectivity index (χ0v) is 44.4. The Bertz CT molecular complexity index is 3190. The number of hydrogen-bond donors (Lipinski definition) is 4. The number of ether oxygens (including phenoxy) is 1. The van der Waals surface area contributed by atoms with Crippen LogP contribution in [0, 0.1) is 5.41 Å². The highest BCUT2D eigenvalue weighted by atomic mass is 79.9. The Kier molecular flexibility index (Phi) is 14.5. The third-order valence-corrected chi connectivity index (χ3v) is 17.0. The van der Waals surface area contributed by atoms with Crippen LogP contribution in [0.15, 0.2) is 84.0 Å². The number of sulfonamides is 1. The molecule has 1 spiro atoms. The lowest BCUT2D eigenvalue weighted by atomic mass is 9.71. The SMILES string of the molecule is COc1cc(N2CCC3(CCN(C(=O)CN4CCC(c5ccc(NC6CCC(=O)NC6=O)cc5)CC4)CC3)CC2)c(-c2cnn(C)c2)cc1Nc1ncc(Br)c(Nc2ccc3nccnc3c2N(C)S(C)(=O)=O)n1. The van der Waals surface area contributed by atoms with Gasteiger partial charge in [0.25, 0.3) is 0 Å². The minimum atomic E-state index is -3.67. The molecular formula is C52H61BrN14O6S. The number of aryl methyl sites for hydroxylation is 1. The first kappa shape index (κ1) is 50.6. The van der Waals surface area contributed by atoms with Crippen LogP contribution in [0.4, 0.5) is 40.2 Å². The number of nitrogens with one attached hydrogen (secondary N) is 4. The van der Waals surface area contributed by atoms with Crippen LogP contribution in [0.5, 0.6) is 5.75 Å². The Hall–Kier alpha value is -6.91. The monoisotopic (exact) mass is 1090 g/mol. The smallest absolute Gasteiger partial charge is 0.249 e. The lowest BCUT2D eigenvalue weighted by Crippen LogP contribution is -2.50. The second kappa shape index (κ2) is 21.1. The number of fused-ring (bicyclic) bond motifs is 1. The summed E-state index contributed by atoms with van der Waals surface area (Å²) >= 11 is 3.58. The van der Waals surface area contributed by atoms with Gasteiger partial charge in [-0.2, -0.15) is 10.1 Å². The van der Waals surface area contributed by atoms with E-state index in [9.17, 15) is 22.8 Å². The van der Waals surface area contributed by atoms with Crippen LogP contribution >= 0.6 is 15.9 Å². The first-order chi connectivity index (χ1) is 35.6. The molecule has 4 aliphatic heterocycles. The number of hydrogen-bond acceptors (Lipinski definition) is 16. The van der Waals surface area contributed by atoms with Gasteiger partial charge in [-0.3, -0.25) is 43.6 Å². The van der Waals surface area contributed by atoms with Crippen molar-refractivity contribution in [3.05, 3.63) is 89.6 Å². The normalized spacial score (nSPS) is 18.6. The van der Waals surface area contributed by atoms with E-state index in [1.54, 1.807) is 36.3 Å². The van der Waals surface area contributed by atoms with Gasteiger partial charge in [0.1, 0.15) is 28.8 Å². The van der Waals surface area contributed by atoms with Crippen molar-refractivity contribution in [2.24, 2.45) is 12.5 Å². The predicted molar refractivity (Wildman–Crippen MR) is 289 cm³/mol. The summed E-state index contributed by atoms with van der Waals surface area (Å²) in [5.74, 6) is 1.40. The Morgan fingerprint density at radius 3 is 2.32 bits per heavy atom. The number of likely N-dealkylation sites (tertiary alicyclic amines) is 2. The van der Waals surface area contributed by atoms with E-state index in [4.69, 9.17) is 9.72 Å². The minimum Gasteiger partial charge on any atom is -0.494 e. The molecule has 1 atom stereocenters. The summed E-state index contributed by atoms with van der Waals surface area (Å²) in [5.41, 5.74) is 7.62. The van der Waals surface area contributed by atoms with Crippen molar-refractivity contribution in [1.29, 1.82) is 0 Å². The van der Waals surface area contributed by atoms with Crippen LogP contribution in [-0.4, -0.2) is 138 Å². The summed E-state index contributed by atoms with van der Waals surface area (Å²) in [7, 11) is 1.34. The number of benzene rings is 3. The van der Waals surface area contributed by atoms with Crippen LogP contribution in [0.1, 0.15) is 62.8 Å². The molecule has 3 aromatic heterocycles. The Morgan fingerprint density at radius 1 is 0.905 bits per heavy atom. The van der Waals surface area contributed by atoms with Gasteiger partial charge in [-0.15, -0.1) is 0 Å². The van der Waals surface area contributed by atoms with Gasteiger partial charge < -0.3 is 30.5 Å². The number of amides is 3. The number of rotatable bonds is 14. The van der Waals surface area contributed by atoms with Crippen molar-refractivity contribution in [1.82, 2.24) is 44.8 Å². The van der Waals surface area contributed by atoms with Crippen molar-refractivity contribution in [3.8, 4) is 16.9 Å². The molecule has 0 bridgehead atoms. The van der Waals surface area contributed by atoms with Gasteiger partial charge in [-0.1, -0.05) is 12.1 Å².